The summed E-state index contributed by atoms with van der Waals surface area (Å²) < 4.78 is 8.66. The van der Waals surface area contributed by atoms with Crippen LogP contribution in [0.5, 0.6) is 0 Å². The Hall–Kier alpha value is -3.73. The highest BCUT2D eigenvalue weighted by Crippen LogP contribution is 2.38. The Morgan fingerprint density at radius 3 is 2.69 bits per heavy atom. The molecule has 0 bridgehead atoms. The van der Waals surface area contributed by atoms with Gasteiger partial charge in [0.1, 0.15) is 11.6 Å². The van der Waals surface area contributed by atoms with E-state index in [4.69, 9.17) is 21.3 Å². The standard InChI is InChI=1S/C34H36BrClN6O3/c1-34(2,3)45-33(44)42-14-13-41(20-29(42)32(43)39-27-6-4-5-22(15-27)19-40-12-11-37-21-40)31-28-10-9-26(36)17-23(28)7-8-24-16-25(35)18-38-30(24)31/h4-6,9-12,15-18,21,29,31H,7-8,13-14,19-20H2,1-3H3,(H,39,43)/t29-,31-/m0/s1. The van der Waals surface area contributed by atoms with Gasteiger partial charge in [-0.3, -0.25) is 19.6 Å². The van der Waals surface area contributed by atoms with Gasteiger partial charge in [0.15, 0.2) is 0 Å². The van der Waals surface area contributed by atoms with E-state index in [2.05, 4.69) is 43.3 Å². The van der Waals surface area contributed by atoms with Crippen LogP contribution in [0.15, 0.2) is 77.9 Å². The van der Waals surface area contributed by atoms with Crippen molar-refractivity contribution < 1.29 is 14.3 Å². The Morgan fingerprint density at radius 1 is 1.09 bits per heavy atom. The van der Waals surface area contributed by atoms with Crippen LogP contribution in [0.3, 0.4) is 0 Å². The molecule has 1 fully saturated rings. The normalized spacial score (nSPS) is 18.5. The number of ether oxygens (including phenoxy) is 1. The fourth-order valence-corrected chi connectivity index (χ4v) is 6.72. The number of anilines is 1. The predicted octanol–water partition coefficient (Wildman–Crippen LogP) is 6.49. The highest BCUT2D eigenvalue weighted by molar-refractivity contribution is 9.10. The second-order valence-corrected chi connectivity index (χ2v) is 13.9. The number of carbonyl (C=O) groups excluding carboxylic acids is 2. The Kier molecular flexibility index (Phi) is 8.99. The molecule has 1 aliphatic heterocycles. The first-order chi connectivity index (χ1) is 21.5. The number of hydrogen-bond donors (Lipinski definition) is 1. The van der Waals surface area contributed by atoms with Crippen molar-refractivity contribution in [2.24, 2.45) is 0 Å². The molecular formula is C34H36BrClN6O3. The Morgan fingerprint density at radius 2 is 1.91 bits per heavy atom. The van der Waals surface area contributed by atoms with Gasteiger partial charge in [0.2, 0.25) is 5.91 Å². The van der Waals surface area contributed by atoms with Crippen LogP contribution in [-0.2, 0) is 28.9 Å². The average molecular weight is 692 g/mol. The van der Waals surface area contributed by atoms with Crippen LogP contribution in [0.1, 0.15) is 54.8 Å². The highest BCUT2D eigenvalue weighted by atomic mass is 79.9. The Balaban J connectivity index is 1.33. The van der Waals surface area contributed by atoms with Crippen molar-refractivity contribution in [1.82, 2.24) is 24.3 Å². The quantitative estimate of drug-likeness (QED) is 0.257. The second-order valence-electron chi connectivity index (χ2n) is 12.6. The van der Waals surface area contributed by atoms with Gasteiger partial charge in [-0.2, -0.15) is 0 Å². The SMILES string of the molecule is CC(C)(C)OC(=O)N1CCN([C@H]2c3ccc(Cl)cc3CCc3cc(Br)cnc32)C[C@H]1C(=O)Nc1cccc(Cn2ccnc2)c1. The molecule has 0 unspecified atom stereocenters. The van der Waals surface area contributed by atoms with Crippen molar-refractivity contribution >= 4 is 45.2 Å². The molecule has 0 radical (unpaired) electrons. The molecule has 6 rings (SSSR count). The van der Waals surface area contributed by atoms with Crippen molar-refractivity contribution in [2.75, 3.05) is 25.0 Å². The molecule has 0 saturated carbocycles. The van der Waals surface area contributed by atoms with Gasteiger partial charge in [-0.1, -0.05) is 29.8 Å². The molecule has 1 saturated heterocycles. The summed E-state index contributed by atoms with van der Waals surface area (Å²) in [6.07, 6.45) is 8.35. The number of hydrogen-bond acceptors (Lipinski definition) is 6. The number of aromatic nitrogens is 3. The number of benzene rings is 2. The number of halogens is 2. The second kappa shape index (κ2) is 12.9. The van der Waals surface area contributed by atoms with E-state index in [-0.39, 0.29) is 11.9 Å². The lowest BCUT2D eigenvalue weighted by Gasteiger charge is -2.44. The fraction of sp³-hybridized carbons (Fsp3) is 0.353. The lowest BCUT2D eigenvalue weighted by atomic mass is 9.95. The summed E-state index contributed by atoms with van der Waals surface area (Å²) in [4.78, 5) is 40.4. The van der Waals surface area contributed by atoms with Crippen LogP contribution in [0, 0.1) is 0 Å². The molecule has 2 atom stereocenters. The number of imidazole rings is 1. The number of aryl methyl sites for hydroxylation is 2. The van der Waals surface area contributed by atoms with Crippen molar-refractivity contribution in [3.8, 4) is 0 Å². The molecule has 9 nitrogen and oxygen atoms in total. The van der Waals surface area contributed by atoms with E-state index >= 15 is 0 Å². The van der Waals surface area contributed by atoms with Gasteiger partial charge in [-0.15, -0.1) is 0 Å². The lowest BCUT2D eigenvalue weighted by Crippen LogP contribution is -2.60. The minimum Gasteiger partial charge on any atom is -0.444 e. The number of rotatable bonds is 5. The van der Waals surface area contributed by atoms with Crippen molar-refractivity contribution in [2.45, 2.75) is 57.8 Å². The smallest absolute Gasteiger partial charge is 0.411 e. The molecule has 11 heteroatoms. The molecular weight excluding hydrogens is 656 g/mol. The van der Waals surface area contributed by atoms with Gasteiger partial charge in [0, 0.05) is 60.0 Å². The minimum atomic E-state index is -0.802. The molecule has 0 spiro atoms. The lowest BCUT2D eigenvalue weighted by molar-refractivity contribution is -0.124. The number of nitrogens with zero attached hydrogens (tertiary/aromatic N) is 5. The third kappa shape index (κ3) is 7.24. The van der Waals surface area contributed by atoms with Gasteiger partial charge < -0.3 is 14.6 Å². The largest absolute Gasteiger partial charge is 0.444 e. The first-order valence-corrected chi connectivity index (χ1v) is 16.2. The van der Waals surface area contributed by atoms with Crippen LogP contribution >= 0.6 is 27.5 Å². The van der Waals surface area contributed by atoms with Crippen molar-refractivity contribution in [1.29, 1.82) is 0 Å². The Bertz CT molecular complexity index is 1650. The number of nitrogens with one attached hydrogen (secondary N) is 1. The van der Waals surface area contributed by atoms with E-state index in [1.54, 1.807) is 17.4 Å². The van der Waals surface area contributed by atoms with Gasteiger partial charge in [-0.25, -0.2) is 9.78 Å². The molecule has 2 aromatic heterocycles. The van der Waals surface area contributed by atoms with Crippen molar-refractivity contribution in [3.63, 3.8) is 0 Å². The molecule has 2 aliphatic rings. The summed E-state index contributed by atoms with van der Waals surface area (Å²) >= 11 is 10.0. The van der Waals surface area contributed by atoms with Crippen LogP contribution in [0.4, 0.5) is 10.5 Å². The molecule has 45 heavy (non-hydrogen) atoms. The van der Waals surface area contributed by atoms with Gasteiger partial charge in [0.25, 0.3) is 0 Å². The summed E-state index contributed by atoms with van der Waals surface area (Å²) in [7, 11) is 0. The van der Waals surface area contributed by atoms with Gasteiger partial charge in [-0.05, 0) is 102 Å². The zero-order valence-corrected chi connectivity index (χ0v) is 27.9. The summed E-state index contributed by atoms with van der Waals surface area (Å²) in [6, 6.07) is 14.8. The van der Waals surface area contributed by atoms with E-state index in [0.29, 0.717) is 36.9 Å². The summed E-state index contributed by atoms with van der Waals surface area (Å²) in [5.74, 6) is -0.278. The van der Waals surface area contributed by atoms with Crippen LogP contribution in [-0.4, -0.2) is 67.6 Å². The number of amides is 2. The highest BCUT2D eigenvalue weighted by Gasteiger charge is 2.41. The van der Waals surface area contributed by atoms with Crippen LogP contribution < -0.4 is 5.32 Å². The van der Waals surface area contributed by atoms with E-state index in [1.165, 1.54) is 0 Å². The summed E-state index contributed by atoms with van der Waals surface area (Å²) in [6.45, 7) is 7.26. The molecule has 1 aliphatic carbocycles. The summed E-state index contributed by atoms with van der Waals surface area (Å²) in [5, 5.41) is 3.78. The van der Waals surface area contributed by atoms with Crippen LogP contribution in [0.2, 0.25) is 5.02 Å². The zero-order valence-electron chi connectivity index (χ0n) is 25.5. The monoisotopic (exact) mass is 690 g/mol. The van der Waals surface area contributed by atoms with E-state index in [0.717, 1.165) is 45.3 Å². The maximum Gasteiger partial charge on any atom is 0.411 e. The Labute approximate surface area is 276 Å². The van der Waals surface area contributed by atoms with Gasteiger partial charge in [0.05, 0.1) is 18.1 Å². The predicted molar refractivity (Wildman–Crippen MR) is 177 cm³/mol. The van der Waals surface area contributed by atoms with Crippen LogP contribution in [0.25, 0.3) is 0 Å². The average Bonchev–Trinajstić information content (AvgIpc) is 3.44. The molecule has 4 aromatic rings. The first kappa shape index (κ1) is 31.3. The van der Waals surface area contributed by atoms with Gasteiger partial charge >= 0.3 is 6.09 Å². The number of fused-ring (bicyclic) bond motifs is 2. The third-order valence-electron chi connectivity index (χ3n) is 8.12. The maximum absolute atomic E-state index is 14.1. The topological polar surface area (TPSA) is 92.6 Å². The van der Waals surface area contributed by atoms with E-state index in [1.807, 2.05) is 74.1 Å². The maximum atomic E-state index is 14.1. The molecule has 2 aromatic carbocycles. The third-order valence-corrected chi connectivity index (χ3v) is 8.79. The zero-order chi connectivity index (χ0) is 31.7. The first-order valence-electron chi connectivity index (χ1n) is 15.1. The van der Waals surface area contributed by atoms with Crippen molar-refractivity contribution in [3.05, 3.63) is 111 Å². The molecule has 234 valence electrons. The summed E-state index contributed by atoms with van der Waals surface area (Å²) in [5.41, 5.74) is 5.35. The number of pyridine rings is 1. The number of piperazine rings is 1. The van der Waals surface area contributed by atoms with E-state index < -0.39 is 17.7 Å². The van der Waals surface area contributed by atoms with E-state index in [9.17, 15) is 9.59 Å². The fourth-order valence-electron chi connectivity index (χ4n) is 6.15. The number of carbonyl (C=O) groups is 2. The minimum absolute atomic E-state index is 0.211. The molecule has 3 heterocycles. The molecule has 1 N–H and O–H groups in total. The molecule has 2 amide bonds.